The van der Waals surface area contributed by atoms with Crippen LogP contribution in [-0.2, 0) is 6.54 Å². The van der Waals surface area contributed by atoms with E-state index in [0.29, 0.717) is 46.8 Å². The van der Waals surface area contributed by atoms with Crippen molar-refractivity contribution in [3.8, 4) is 11.5 Å². The quantitative estimate of drug-likeness (QED) is 0.844. The first-order valence-electron chi connectivity index (χ1n) is 9.66. The highest BCUT2D eigenvalue weighted by molar-refractivity contribution is 6.07. The average molecular weight is 372 g/mol. The minimum Gasteiger partial charge on any atom is -0.493 e. The Balaban J connectivity index is 2.00. The Bertz CT molecular complexity index is 882. The molecule has 1 aromatic heterocycles. The molecule has 6 nitrogen and oxygen atoms in total. The number of methoxy groups -OCH3 is 2. The van der Waals surface area contributed by atoms with Crippen molar-refractivity contribution in [2.45, 2.75) is 45.6 Å². The number of aromatic nitrogens is 1. The second-order valence-electron chi connectivity index (χ2n) is 7.10. The monoisotopic (exact) mass is 372 g/mol. The van der Waals surface area contributed by atoms with Gasteiger partial charge in [0, 0.05) is 24.7 Å². The molecule has 0 aliphatic heterocycles. The van der Waals surface area contributed by atoms with E-state index in [1.165, 1.54) is 39.2 Å². The van der Waals surface area contributed by atoms with Crippen molar-refractivity contribution >= 4 is 16.7 Å². The highest BCUT2D eigenvalue weighted by Gasteiger charge is 2.19. The van der Waals surface area contributed by atoms with E-state index >= 15 is 0 Å². The van der Waals surface area contributed by atoms with Crippen LogP contribution in [0.5, 0.6) is 11.5 Å². The van der Waals surface area contributed by atoms with Gasteiger partial charge >= 0.3 is 0 Å². The van der Waals surface area contributed by atoms with E-state index in [2.05, 4.69) is 5.32 Å². The molecule has 1 amide bonds. The molecule has 27 heavy (non-hydrogen) atoms. The van der Waals surface area contributed by atoms with Crippen LogP contribution in [0.4, 0.5) is 0 Å². The van der Waals surface area contributed by atoms with Gasteiger partial charge in [-0.2, -0.15) is 0 Å². The first kappa shape index (κ1) is 19.3. The molecule has 1 N–H and O–H groups in total. The van der Waals surface area contributed by atoms with E-state index in [9.17, 15) is 9.59 Å². The van der Waals surface area contributed by atoms with Gasteiger partial charge in [-0.25, -0.2) is 0 Å². The second-order valence-corrected chi connectivity index (χ2v) is 7.10. The molecule has 1 heterocycles. The molecule has 0 unspecified atom stereocenters. The van der Waals surface area contributed by atoms with E-state index in [1.54, 1.807) is 30.0 Å². The number of benzene rings is 1. The van der Waals surface area contributed by atoms with Crippen LogP contribution in [0.25, 0.3) is 10.8 Å². The maximum Gasteiger partial charge on any atom is 0.258 e. The lowest BCUT2D eigenvalue weighted by Gasteiger charge is -2.22. The summed E-state index contributed by atoms with van der Waals surface area (Å²) in [6.07, 6.45) is 7.74. The number of carbonyl (C=O) groups is 1. The maximum absolute atomic E-state index is 12.9. The Morgan fingerprint density at radius 2 is 1.74 bits per heavy atom. The summed E-state index contributed by atoms with van der Waals surface area (Å²) in [7, 11) is 3.07. The fourth-order valence-electron chi connectivity index (χ4n) is 3.86. The number of amides is 1. The second kappa shape index (κ2) is 8.46. The molecule has 6 heteroatoms. The van der Waals surface area contributed by atoms with Crippen LogP contribution in [0.15, 0.2) is 23.1 Å². The standard InChI is InChI=1S/C21H28N2O4/c1-4-23-13-17(20(24)22-12-14-8-6-5-7-9-14)15-10-18(26-2)19(27-3)11-16(15)21(23)25/h10-11,13-14H,4-9,12H2,1-3H3,(H,22,24). The lowest BCUT2D eigenvalue weighted by molar-refractivity contribution is 0.0944. The van der Waals surface area contributed by atoms with Gasteiger partial charge < -0.3 is 19.4 Å². The highest BCUT2D eigenvalue weighted by Crippen LogP contribution is 2.32. The number of aryl methyl sites for hydroxylation is 1. The summed E-state index contributed by atoms with van der Waals surface area (Å²) < 4.78 is 12.3. The third-order valence-electron chi connectivity index (χ3n) is 5.45. The molecule has 0 bridgehead atoms. The lowest BCUT2D eigenvalue weighted by Crippen LogP contribution is -2.32. The molecule has 0 radical (unpaired) electrons. The van der Waals surface area contributed by atoms with E-state index in [0.717, 1.165) is 0 Å². The van der Waals surface area contributed by atoms with Crippen LogP contribution in [0.1, 0.15) is 49.4 Å². The minimum absolute atomic E-state index is 0.141. The van der Waals surface area contributed by atoms with Gasteiger partial charge in [-0.1, -0.05) is 19.3 Å². The number of fused-ring (bicyclic) bond motifs is 1. The summed E-state index contributed by atoms with van der Waals surface area (Å²) in [6.45, 7) is 3.06. The van der Waals surface area contributed by atoms with Crippen molar-refractivity contribution < 1.29 is 14.3 Å². The summed E-state index contributed by atoms with van der Waals surface area (Å²) in [5.74, 6) is 1.37. The van der Waals surface area contributed by atoms with Crippen molar-refractivity contribution in [1.29, 1.82) is 0 Å². The Labute approximate surface area is 159 Å². The van der Waals surface area contributed by atoms with Crippen LogP contribution in [0, 0.1) is 5.92 Å². The summed E-state index contributed by atoms with van der Waals surface area (Å²) in [6, 6.07) is 3.37. The van der Waals surface area contributed by atoms with Gasteiger partial charge in [-0.15, -0.1) is 0 Å². The zero-order chi connectivity index (χ0) is 19.4. The maximum atomic E-state index is 12.9. The summed E-state index contributed by atoms with van der Waals surface area (Å²) >= 11 is 0. The van der Waals surface area contributed by atoms with Crippen LogP contribution >= 0.6 is 0 Å². The van der Waals surface area contributed by atoms with Crippen LogP contribution in [0.3, 0.4) is 0 Å². The van der Waals surface area contributed by atoms with Crippen molar-refractivity contribution in [1.82, 2.24) is 9.88 Å². The summed E-state index contributed by atoms with van der Waals surface area (Å²) in [4.78, 5) is 25.7. The molecule has 2 aromatic rings. The number of nitrogens with zero attached hydrogens (tertiary/aromatic N) is 1. The molecule has 1 saturated carbocycles. The summed E-state index contributed by atoms with van der Waals surface area (Å²) in [5, 5.41) is 4.12. The molecule has 0 spiro atoms. The van der Waals surface area contributed by atoms with Gasteiger partial charge in [0.15, 0.2) is 11.5 Å². The molecular formula is C21H28N2O4. The third-order valence-corrected chi connectivity index (χ3v) is 5.45. The molecule has 0 saturated heterocycles. The molecule has 146 valence electrons. The highest BCUT2D eigenvalue weighted by atomic mass is 16.5. The molecule has 1 aromatic carbocycles. The topological polar surface area (TPSA) is 69.6 Å². The van der Waals surface area contributed by atoms with E-state index in [-0.39, 0.29) is 11.5 Å². The average Bonchev–Trinajstić information content (AvgIpc) is 2.72. The number of hydrogen-bond acceptors (Lipinski definition) is 4. The predicted molar refractivity (Wildman–Crippen MR) is 106 cm³/mol. The van der Waals surface area contributed by atoms with Gasteiger partial charge in [0.25, 0.3) is 11.5 Å². The minimum atomic E-state index is -0.153. The van der Waals surface area contributed by atoms with Gasteiger partial charge in [-0.05, 0) is 37.8 Å². The van der Waals surface area contributed by atoms with Crippen molar-refractivity contribution in [3.63, 3.8) is 0 Å². The molecule has 1 aliphatic rings. The zero-order valence-corrected chi connectivity index (χ0v) is 16.3. The fourth-order valence-corrected chi connectivity index (χ4v) is 3.86. The fraction of sp³-hybridized carbons (Fsp3) is 0.524. The first-order chi connectivity index (χ1) is 13.1. The van der Waals surface area contributed by atoms with Gasteiger partial charge in [0.1, 0.15) is 0 Å². The van der Waals surface area contributed by atoms with Crippen molar-refractivity contribution in [3.05, 3.63) is 34.2 Å². The molecular weight excluding hydrogens is 344 g/mol. The number of carbonyl (C=O) groups excluding carboxylic acids is 1. The number of hydrogen-bond donors (Lipinski definition) is 1. The van der Waals surface area contributed by atoms with Crippen LogP contribution in [-0.4, -0.2) is 31.2 Å². The molecule has 0 atom stereocenters. The molecule has 1 aliphatic carbocycles. The Kier molecular flexibility index (Phi) is 6.04. The predicted octanol–water partition coefficient (Wildman–Crippen LogP) is 3.35. The largest absolute Gasteiger partial charge is 0.493 e. The lowest BCUT2D eigenvalue weighted by atomic mass is 9.89. The molecule has 3 rings (SSSR count). The number of nitrogens with one attached hydrogen (secondary N) is 1. The van der Waals surface area contributed by atoms with Gasteiger partial charge in [0.2, 0.25) is 0 Å². The van der Waals surface area contributed by atoms with E-state index in [1.807, 2.05) is 6.92 Å². The number of ether oxygens (including phenoxy) is 2. The van der Waals surface area contributed by atoms with Crippen LogP contribution in [0.2, 0.25) is 0 Å². The SMILES string of the molecule is CCn1cc(C(=O)NCC2CCCCC2)c2cc(OC)c(OC)cc2c1=O. The number of rotatable bonds is 6. The first-order valence-corrected chi connectivity index (χ1v) is 9.66. The zero-order valence-electron chi connectivity index (χ0n) is 16.3. The smallest absolute Gasteiger partial charge is 0.258 e. The number of pyridine rings is 1. The van der Waals surface area contributed by atoms with Gasteiger partial charge in [-0.3, -0.25) is 9.59 Å². The van der Waals surface area contributed by atoms with Gasteiger partial charge in [0.05, 0.1) is 25.2 Å². The summed E-state index contributed by atoms with van der Waals surface area (Å²) in [5.41, 5.74) is 0.348. The Morgan fingerprint density at radius 3 is 2.33 bits per heavy atom. The Hall–Kier alpha value is -2.50. The van der Waals surface area contributed by atoms with Crippen LogP contribution < -0.4 is 20.3 Å². The van der Waals surface area contributed by atoms with E-state index in [4.69, 9.17) is 9.47 Å². The Morgan fingerprint density at radius 1 is 1.11 bits per heavy atom. The van der Waals surface area contributed by atoms with Crippen molar-refractivity contribution in [2.75, 3.05) is 20.8 Å². The molecule has 1 fully saturated rings. The normalized spacial score (nSPS) is 14.9. The van der Waals surface area contributed by atoms with Crippen molar-refractivity contribution in [2.24, 2.45) is 5.92 Å². The third kappa shape index (κ3) is 3.94. The van der Waals surface area contributed by atoms with E-state index < -0.39 is 0 Å².